The first-order chi connectivity index (χ1) is 13.0. The highest BCUT2D eigenvalue weighted by Crippen LogP contribution is 2.52. The number of hydrogen-bond donors (Lipinski definition) is 1. The van der Waals surface area contributed by atoms with Crippen molar-refractivity contribution in [3.8, 4) is 5.88 Å². The van der Waals surface area contributed by atoms with E-state index in [9.17, 15) is 9.59 Å². The van der Waals surface area contributed by atoms with E-state index >= 15 is 0 Å². The Morgan fingerprint density at radius 2 is 1.86 bits per heavy atom. The summed E-state index contributed by atoms with van der Waals surface area (Å²) in [6.45, 7) is 12.9. The standard InChI is InChI=1S/C21H31N3O4/c1-13-8-7-9-22-18(13)27-12-21(5,6)23-17(25)16-14-10-24(11-15(14)16)19(26)28-20(2,3)4/h7-9,14-16H,10-12H2,1-6H3,(H,23,25)/t14-,15+,16?. The molecule has 2 fully saturated rings. The molecule has 2 heterocycles. The van der Waals surface area contributed by atoms with Gasteiger partial charge in [-0.15, -0.1) is 0 Å². The Bertz CT molecular complexity index is 744. The van der Waals surface area contributed by atoms with Gasteiger partial charge in [0.15, 0.2) is 0 Å². The molecule has 2 amide bonds. The second kappa shape index (κ2) is 7.26. The molecule has 1 N–H and O–H groups in total. The molecule has 1 aliphatic heterocycles. The van der Waals surface area contributed by atoms with Crippen LogP contribution in [0.4, 0.5) is 4.79 Å². The van der Waals surface area contributed by atoms with Crippen molar-refractivity contribution in [2.24, 2.45) is 17.8 Å². The third-order valence-electron chi connectivity index (χ3n) is 5.14. The van der Waals surface area contributed by atoms with Crippen molar-refractivity contribution >= 4 is 12.0 Å². The number of piperidine rings is 1. The summed E-state index contributed by atoms with van der Waals surface area (Å²) in [4.78, 5) is 30.8. The molecule has 0 radical (unpaired) electrons. The molecule has 28 heavy (non-hydrogen) atoms. The van der Waals surface area contributed by atoms with E-state index in [4.69, 9.17) is 9.47 Å². The maximum atomic E-state index is 12.7. The van der Waals surface area contributed by atoms with Gasteiger partial charge in [0.05, 0.1) is 5.54 Å². The highest BCUT2D eigenvalue weighted by atomic mass is 16.6. The second-order valence-electron chi connectivity index (χ2n) is 9.53. The van der Waals surface area contributed by atoms with Gasteiger partial charge in [0.25, 0.3) is 0 Å². The van der Waals surface area contributed by atoms with Gasteiger partial charge in [0.1, 0.15) is 12.2 Å². The Morgan fingerprint density at radius 1 is 1.21 bits per heavy atom. The third kappa shape index (κ3) is 4.75. The summed E-state index contributed by atoms with van der Waals surface area (Å²) in [6, 6.07) is 3.80. The van der Waals surface area contributed by atoms with Crippen molar-refractivity contribution in [1.29, 1.82) is 0 Å². The SMILES string of the molecule is Cc1cccnc1OCC(C)(C)NC(=O)C1[C@H]2CN(C(=O)OC(C)(C)C)C[C@@H]12. The summed E-state index contributed by atoms with van der Waals surface area (Å²) in [6.07, 6.45) is 1.40. The second-order valence-corrected chi connectivity index (χ2v) is 9.53. The van der Waals surface area contributed by atoms with Gasteiger partial charge in [-0.3, -0.25) is 4.79 Å². The number of fused-ring (bicyclic) bond motifs is 1. The lowest BCUT2D eigenvalue weighted by atomic mass is 10.1. The monoisotopic (exact) mass is 389 g/mol. The molecule has 1 aromatic heterocycles. The number of nitrogens with one attached hydrogen (secondary N) is 1. The summed E-state index contributed by atoms with van der Waals surface area (Å²) >= 11 is 0. The smallest absolute Gasteiger partial charge is 0.410 e. The van der Waals surface area contributed by atoms with Crippen molar-refractivity contribution in [2.45, 2.75) is 52.7 Å². The molecule has 1 unspecified atom stereocenters. The minimum Gasteiger partial charge on any atom is -0.475 e. The first-order valence-electron chi connectivity index (χ1n) is 9.81. The van der Waals surface area contributed by atoms with E-state index in [0.717, 1.165) is 5.56 Å². The van der Waals surface area contributed by atoms with E-state index in [0.29, 0.717) is 25.6 Å². The first kappa shape index (κ1) is 20.4. The van der Waals surface area contributed by atoms with Gasteiger partial charge in [0.2, 0.25) is 11.8 Å². The van der Waals surface area contributed by atoms with Crippen LogP contribution >= 0.6 is 0 Å². The van der Waals surface area contributed by atoms with Crippen LogP contribution in [0.1, 0.15) is 40.2 Å². The fourth-order valence-corrected chi connectivity index (χ4v) is 3.71. The number of aryl methyl sites for hydroxylation is 1. The predicted molar refractivity (Wildman–Crippen MR) is 105 cm³/mol. The molecular formula is C21H31N3O4. The average molecular weight is 389 g/mol. The van der Waals surface area contributed by atoms with Crippen LogP contribution in [0.5, 0.6) is 5.88 Å². The van der Waals surface area contributed by atoms with E-state index in [2.05, 4.69) is 10.3 Å². The van der Waals surface area contributed by atoms with Crippen LogP contribution in [0, 0.1) is 24.7 Å². The summed E-state index contributed by atoms with van der Waals surface area (Å²) in [5, 5.41) is 3.09. The Labute approximate surface area is 166 Å². The van der Waals surface area contributed by atoms with E-state index in [1.807, 2.05) is 53.7 Å². The van der Waals surface area contributed by atoms with Gasteiger partial charge in [-0.2, -0.15) is 0 Å². The maximum absolute atomic E-state index is 12.7. The van der Waals surface area contributed by atoms with Gasteiger partial charge >= 0.3 is 6.09 Å². The molecule has 7 heteroatoms. The van der Waals surface area contributed by atoms with Gasteiger partial charge in [-0.05, 0) is 59.4 Å². The number of nitrogens with zero attached hydrogens (tertiary/aromatic N) is 2. The zero-order valence-corrected chi connectivity index (χ0v) is 17.6. The molecule has 3 atom stereocenters. The van der Waals surface area contributed by atoms with Crippen LogP contribution in [0.3, 0.4) is 0 Å². The van der Waals surface area contributed by atoms with Crippen molar-refractivity contribution < 1.29 is 19.1 Å². The van der Waals surface area contributed by atoms with Crippen molar-refractivity contribution in [2.75, 3.05) is 19.7 Å². The minimum absolute atomic E-state index is 0.0326. The fourth-order valence-electron chi connectivity index (χ4n) is 3.71. The summed E-state index contributed by atoms with van der Waals surface area (Å²) < 4.78 is 11.2. The number of amides is 2. The lowest BCUT2D eigenvalue weighted by Crippen LogP contribution is -2.49. The maximum Gasteiger partial charge on any atom is 0.410 e. The Kier molecular flexibility index (Phi) is 5.30. The highest BCUT2D eigenvalue weighted by Gasteiger charge is 2.61. The van der Waals surface area contributed by atoms with Crippen LogP contribution in [0.25, 0.3) is 0 Å². The van der Waals surface area contributed by atoms with E-state index in [-0.39, 0.29) is 29.8 Å². The number of likely N-dealkylation sites (tertiary alicyclic amines) is 1. The van der Waals surface area contributed by atoms with Crippen molar-refractivity contribution in [1.82, 2.24) is 15.2 Å². The minimum atomic E-state index is -0.511. The first-order valence-corrected chi connectivity index (χ1v) is 9.81. The van der Waals surface area contributed by atoms with E-state index in [1.165, 1.54) is 0 Å². The largest absolute Gasteiger partial charge is 0.475 e. The summed E-state index contributed by atoms with van der Waals surface area (Å²) in [5.74, 6) is 1.03. The van der Waals surface area contributed by atoms with Crippen LogP contribution in [0.15, 0.2) is 18.3 Å². The predicted octanol–water partition coefficient (Wildman–Crippen LogP) is 2.78. The molecule has 0 bridgehead atoms. The van der Waals surface area contributed by atoms with Gasteiger partial charge in [-0.1, -0.05) is 6.07 Å². The van der Waals surface area contributed by atoms with Crippen LogP contribution in [-0.2, 0) is 9.53 Å². The molecule has 154 valence electrons. The average Bonchev–Trinajstić information content (AvgIpc) is 3.07. The number of pyridine rings is 1. The topological polar surface area (TPSA) is 80.8 Å². The molecule has 7 nitrogen and oxygen atoms in total. The number of rotatable bonds is 5. The van der Waals surface area contributed by atoms with Crippen LogP contribution < -0.4 is 10.1 Å². The Balaban J connectivity index is 1.46. The molecule has 1 aromatic rings. The summed E-state index contributed by atoms with van der Waals surface area (Å²) in [7, 11) is 0. The zero-order valence-electron chi connectivity index (χ0n) is 17.6. The van der Waals surface area contributed by atoms with Crippen LogP contribution in [-0.4, -0.2) is 52.7 Å². The molecule has 1 saturated heterocycles. The number of ether oxygens (including phenoxy) is 2. The number of hydrogen-bond acceptors (Lipinski definition) is 5. The van der Waals surface area contributed by atoms with Crippen molar-refractivity contribution in [3.63, 3.8) is 0 Å². The van der Waals surface area contributed by atoms with Gasteiger partial charge in [0, 0.05) is 30.8 Å². The quantitative estimate of drug-likeness (QED) is 0.838. The van der Waals surface area contributed by atoms with E-state index in [1.54, 1.807) is 11.1 Å². The van der Waals surface area contributed by atoms with Crippen LogP contribution in [0.2, 0.25) is 0 Å². The van der Waals surface area contributed by atoms with E-state index < -0.39 is 11.1 Å². The molecule has 0 spiro atoms. The molecule has 0 aromatic carbocycles. The Hall–Kier alpha value is -2.31. The van der Waals surface area contributed by atoms with Gasteiger partial charge in [-0.25, -0.2) is 9.78 Å². The molecule has 3 rings (SSSR count). The third-order valence-corrected chi connectivity index (χ3v) is 5.14. The molecule has 1 saturated carbocycles. The lowest BCUT2D eigenvalue weighted by molar-refractivity contribution is -0.125. The molecule has 2 aliphatic rings. The highest BCUT2D eigenvalue weighted by molar-refractivity contribution is 5.84. The fraction of sp³-hybridized carbons (Fsp3) is 0.667. The number of carbonyl (C=O) groups excluding carboxylic acids is 2. The lowest BCUT2D eigenvalue weighted by Gasteiger charge is -2.28. The molecular weight excluding hydrogens is 358 g/mol. The normalized spacial score (nSPS) is 23.8. The summed E-state index contributed by atoms with van der Waals surface area (Å²) in [5.41, 5.74) is -0.0528. The van der Waals surface area contributed by atoms with Crippen molar-refractivity contribution in [3.05, 3.63) is 23.9 Å². The number of carbonyl (C=O) groups is 2. The Morgan fingerprint density at radius 3 is 2.43 bits per heavy atom. The molecule has 1 aliphatic carbocycles. The van der Waals surface area contributed by atoms with Gasteiger partial charge < -0.3 is 19.7 Å². The zero-order chi connectivity index (χ0) is 20.7. The number of aromatic nitrogens is 1.